The maximum Gasteiger partial charge on any atom is 0.221 e. The fourth-order valence-corrected chi connectivity index (χ4v) is 2.78. The van der Waals surface area contributed by atoms with Crippen LogP contribution in [0.4, 0.5) is 0 Å². The third-order valence-corrected chi connectivity index (χ3v) is 4.30. The average Bonchev–Trinajstić information content (AvgIpc) is 2.45. The lowest BCUT2D eigenvalue weighted by Crippen LogP contribution is -2.35. The standard InChI is InChI=1S/C16H31N3O2/c1-3-12(2)19-16(21)9-10-18-15(20)8-7-13-5-4-6-14(17)11-13/h12-14H,3-11,17H2,1-2H3,(H,18,20)(H,19,21). The molecule has 0 bridgehead atoms. The number of hydrogen-bond acceptors (Lipinski definition) is 3. The fraction of sp³-hybridized carbons (Fsp3) is 0.875. The van der Waals surface area contributed by atoms with Crippen LogP contribution >= 0.6 is 0 Å². The highest BCUT2D eigenvalue weighted by Crippen LogP contribution is 2.26. The Morgan fingerprint density at radius 3 is 2.67 bits per heavy atom. The van der Waals surface area contributed by atoms with Crippen molar-refractivity contribution in [1.29, 1.82) is 0 Å². The van der Waals surface area contributed by atoms with Gasteiger partial charge in [0.05, 0.1) is 0 Å². The Morgan fingerprint density at radius 1 is 1.24 bits per heavy atom. The summed E-state index contributed by atoms with van der Waals surface area (Å²) in [7, 11) is 0. The zero-order valence-electron chi connectivity index (χ0n) is 13.5. The van der Waals surface area contributed by atoms with Gasteiger partial charge in [-0.15, -0.1) is 0 Å². The Bertz CT molecular complexity index is 333. The minimum Gasteiger partial charge on any atom is -0.356 e. The van der Waals surface area contributed by atoms with E-state index in [4.69, 9.17) is 5.73 Å². The van der Waals surface area contributed by atoms with Gasteiger partial charge in [-0.3, -0.25) is 9.59 Å². The van der Waals surface area contributed by atoms with Crippen LogP contribution < -0.4 is 16.4 Å². The minimum absolute atomic E-state index is 0.00269. The van der Waals surface area contributed by atoms with Gasteiger partial charge in [0, 0.05) is 31.5 Å². The zero-order valence-corrected chi connectivity index (χ0v) is 13.5. The topological polar surface area (TPSA) is 84.2 Å². The molecule has 2 amide bonds. The molecule has 3 unspecified atom stereocenters. The summed E-state index contributed by atoms with van der Waals surface area (Å²) in [5, 5.41) is 5.71. The second kappa shape index (κ2) is 9.77. The van der Waals surface area contributed by atoms with E-state index >= 15 is 0 Å². The van der Waals surface area contributed by atoms with Gasteiger partial charge < -0.3 is 16.4 Å². The van der Waals surface area contributed by atoms with Gasteiger partial charge in [0.1, 0.15) is 0 Å². The molecule has 1 aliphatic rings. The Morgan fingerprint density at radius 2 is 2.00 bits per heavy atom. The second-order valence-electron chi connectivity index (χ2n) is 6.31. The third-order valence-electron chi connectivity index (χ3n) is 4.30. The van der Waals surface area contributed by atoms with E-state index < -0.39 is 0 Å². The van der Waals surface area contributed by atoms with E-state index in [0.29, 0.717) is 31.3 Å². The SMILES string of the molecule is CCC(C)NC(=O)CCNC(=O)CCC1CCCC(N)C1. The van der Waals surface area contributed by atoms with Crippen LogP contribution in [-0.2, 0) is 9.59 Å². The number of hydrogen-bond donors (Lipinski definition) is 3. The van der Waals surface area contributed by atoms with Crippen LogP contribution in [0.1, 0.15) is 65.2 Å². The van der Waals surface area contributed by atoms with Crippen molar-refractivity contribution >= 4 is 11.8 Å². The molecule has 0 aromatic carbocycles. The van der Waals surface area contributed by atoms with E-state index in [-0.39, 0.29) is 17.9 Å². The Labute approximate surface area is 128 Å². The largest absolute Gasteiger partial charge is 0.356 e. The summed E-state index contributed by atoms with van der Waals surface area (Å²) < 4.78 is 0. The van der Waals surface area contributed by atoms with E-state index in [0.717, 1.165) is 25.7 Å². The van der Waals surface area contributed by atoms with Crippen LogP contribution in [0.2, 0.25) is 0 Å². The van der Waals surface area contributed by atoms with Crippen LogP contribution in [0, 0.1) is 5.92 Å². The number of nitrogens with one attached hydrogen (secondary N) is 2. The summed E-state index contributed by atoms with van der Waals surface area (Å²) in [6, 6.07) is 0.514. The van der Waals surface area contributed by atoms with E-state index in [1.54, 1.807) is 0 Å². The highest BCUT2D eigenvalue weighted by molar-refractivity contribution is 5.79. The highest BCUT2D eigenvalue weighted by Gasteiger charge is 2.19. The highest BCUT2D eigenvalue weighted by atomic mass is 16.2. The Balaban J connectivity index is 2.07. The monoisotopic (exact) mass is 297 g/mol. The van der Waals surface area contributed by atoms with Crippen molar-refractivity contribution in [3.05, 3.63) is 0 Å². The second-order valence-corrected chi connectivity index (χ2v) is 6.31. The van der Waals surface area contributed by atoms with Crippen molar-refractivity contribution in [3.63, 3.8) is 0 Å². The van der Waals surface area contributed by atoms with Crippen LogP contribution in [0.15, 0.2) is 0 Å². The lowest BCUT2D eigenvalue weighted by Gasteiger charge is -2.26. The van der Waals surface area contributed by atoms with Crippen molar-refractivity contribution in [2.75, 3.05) is 6.54 Å². The molecule has 5 nitrogen and oxygen atoms in total. The number of nitrogens with two attached hydrogens (primary N) is 1. The third kappa shape index (κ3) is 8.05. The molecule has 0 aromatic rings. The molecule has 0 heterocycles. The molecule has 5 heteroatoms. The van der Waals surface area contributed by atoms with Crippen LogP contribution in [0.5, 0.6) is 0 Å². The average molecular weight is 297 g/mol. The lowest BCUT2D eigenvalue weighted by atomic mass is 9.83. The first-order chi connectivity index (χ1) is 10.0. The summed E-state index contributed by atoms with van der Waals surface area (Å²) in [6.07, 6.45) is 7.27. The van der Waals surface area contributed by atoms with Crippen LogP contribution in [0.3, 0.4) is 0 Å². The Hall–Kier alpha value is -1.10. The van der Waals surface area contributed by atoms with Gasteiger partial charge in [-0.2, -0.15) is 0 Å². The number of carbonyl (C=O) groups excluding carboxylic acids is 2. The predicted molar refractivity (Wildman–Crippen MR) is 84.7 cm³/mol. The molecular formula is C16H31N3O2. The molecule has 0 spiro atoms. The minimum atomic E-state index is 0.00269. The van der Waals surface area contributed by atoms with Gasteiger partial charge in [-0.25, -0.2) is 0 Å². The fourth-order valence-electron chi connectivity index (χ4n) is 2.78. The summed E-state index contributed by atoms with van der Waals surface area (Å²) in [6.45, 7) is 4.43. The molecule has 1 aliphatic carbocycles. The predicted octanol–water partition coefficient (Wildman–Crippen LogP) is 1.71. The molecule has 3 atom stereocenters. The maximum atomic E-state index is 11.8. The van der Waals surface area contributed by atoms with Gasteiger partial charge in [-0.05, 0) is 38.5 Å². The molecule has 21 heavy (non-hydrogen) atoms. The van der Waals surface area contributed by atoms with Crippen molar-refractivity contribution in [3.8, 4) is 0 Å². The maximum absolute atomic E-state index is 11.8. The first-order valence-electron chi connectivity index (χ1n) is 8.32. The van der Waals surface area contributed by atoms with Crippen molar-refractivity contribution in [2.24, 2.45) is 11.7 Å². The molecule has 0 radical (unpaired) electrons. The lowest BCUT2D eigenvalue weighted by molar-refractivity contribution is -0.122. The van der Waals surface area contributed by atoms with E-state index in [2.05, 4.69) is 10.6 Å². The molecule has 1 fully saturated rings. The normalized spacial score (nSPS) is 23.4. The number of rotatable bonds is 8. The van der Waals surface area contributed by atoms with E-state index in [9.17, 15) is 9.59 Å². The molecule has 122 valence electrons. The molecular weight excluding hydrogens is 266 g/mol. The number of amides is 2. The summed E-state index contributed by atoms with van der Waals surface area (Å²) in [5.74, 6) is 0.640. The van der Waals surface area contributed by atoms with Crippen molar-refractivity contribution < 1.29 is 9.59 Å². The molecule has 0 aliphatic heterocycles. The van der Waals surface area contributed by atoms with E-state index in [1.807, 2.05) is 13.8 Å². The molecule has 0 aromatic heterocycles. The molecule has 4 N–H and O–H groups in total. The van der Waals surface area contributed by atoms with Gasteiger partial charge in [0.15, 0.2) is 0 Å². The molecule has 1 saturated carbocycles. The van der Waals surface area contributed by atoms with Crippen molar-refractivity contribution in [1.82, 2.24) is 10.6 Å². The summed E-state index contributed by atoms with van der Waals surface area (Å²) in [4.78, 5) is 23.3. The van der Waals surface area contributed by atoms with Crippen LogP contribution in [-0.4, -0.2) is 30.4 Å². The van der Waals surface area contributed by atoms with Crippen LogP contribution in [0.25, 0.3) is 0 Å². The summed E-state index contributed by atoms with van der Waals surface area (Å²) >= 11 is 0. The zero-order chi connectivity index (χ0) is 15.7. The summed E-state index contributed by atoms with van der Waals surface area (Å²) in [5.41, 5.74) is 5.95. The van der Waals surface area contributed by atoms with Gasteiger partial charge >= 0.3 is 0 Å². The van der Waals surface area contributed by atoms with Gasteiger partial charge in [0.25, 0.3) is 0 Å². The molecule has 0 saturated heterocycles. The van der Waals surface area contributed by atoms with Gasteiger partial charge in [0.2, 0.25) is 11.8 Å². The quantitative estimate of drug-likeness (QED) is 0.637. The smallest absolute Gasteiger partial charge is 0.221 e. The first kappa shape index (κ1) is 18.0. The van der Waals surface area contributed by atoms with Gasteiger partial charge in [-0.1, -0.05) is 19.8 Å². The number of carbonyl (C=O) groups is 2. The molecule has 1 rings (SSSR count). The van der Waals surface area contributed by atoms with Crippen molar-refractivity contribution in [2.45, 2.75) is 77.3 Å². The van der Waals surface area contributed by atoms with E-state index in [1.165, 1.54) is 12.8 Å². The Kier molecular flexibility index (Phi) is 8.35. The first-order valence-corrected chi connectivity index (χ1v) is 8.32.